The topological polar surface area (TPSA) is 63.6 Å². The second kappa shape index (κ2) is 10.1. The van der Waals surface area contributed by atoms with Gasteiger partial charge in [-0.2, -0.15) is 5.10 Å². The number of carbonyl (C=O) groups excluding carboxylic acids is 1. The summed E-state index contributed by atoms with van der Waals surface area (Å²) >= 11 is 3.14. The average molecular weight is 412 g/mol. The van der Waals surface area contributed by atoms with E-state index in [1.54, 1.807) is 24.9 Å². The number of hydrogen-bond donors (Lipinski definition) is 1. The van der Waals surface area contributed by atoms with E-state index in [9.17, 15) is 4.79 Å². The first-order valence-corrected chi connectivity index (χ1v) is 10.9. The van der Waals surface area contributed by atoms with Gasteiger partial charge in [-0.3, -0.25) is 10.2 Å². The number of nitrogens with zero attached hydrogens (tertiary/aromatic N) is 2. The summed E-state index contributed by atoms with van der Waals surface area (Å²) in [7, 11) is 0. The van der Waals surface area contributed by atoms with Crippen LogP contribution in [0.3, 0.4) is 0 Å². The largest absolute Gasteiger partial charge is 0.466 e. The quantitative estimate of drug-likeness (QED) is 0.242. The number of nitrogens with one attached hydrogen (secondary N) is 1. The summed E-state index contributed by atoms with van der Waals surface area (Å²) in [4.78, 5) is 17.1. The Morgan fingerprint density at radius 2 is 1.86 bits per heavy atom. The third kappa shape index (κ3) is 5.68. The monoisotopic (exact) mass is 411 g/mol. The molecule has 2 aromatic carbocycles. The van der Waals surface area contributed by atoms with Crippen LogP contribution in [0.4, 0.5) is 5.13 Å². The Morgan fingerprint density at radius 1 is 1.18 bits per heavy atom. The molecule has 7 heteroatoms. The van der Waals surface area contributed by atoms with Crippen LogP contribution < -0.4 is 5.43 Å². The molecule has 0 aliphatic heterocycles. The maximum atomic E-state index is 11.5. The maximum Gasteiger partial charge on any atom is 0.311 e. The Hall–Kier alpha value is -2.64. The van der Waals surface area contributed by atoms with Gasteiger partial charge >= 0.3 is 5.97 Å². The minimum atomic E-state index is -0.272. The van der Waals surface area contributed by atoms with Crippen molar-refractivity contribution in [2.45, 2.75) is 18.2 Å². The van der Waals surface area contributed by atoms with E-state index in [0.717, 1.165) is 5.56 Å². The molecule has 3 aromatic rings. The fourth-order valence-electron chi connectivity index (χ4n) is 2.51. The van der Waals surface area contributed by atoms with Gasteiger partial charge in [-0.25, -0.2) is 4.98 Å². The summed E-state index contributed by atoms with van der Waals surface area (Å²) in [6.45, 7) is 2.16. The van der Waals surface area contributed by atoms with Gasteiger partial charge in [0.05, 0.1) is 24.9 Å². The third-order valence-corrected chi connectivity index (χ3v) is 5.43. The SMILES string of the molecule is CCOC(=O)Cc1csc(NN=Cc2ccc(-c3ccc(SC)cc3)cc2)n1. The van der Waals surface area contributed by atoms with Crippen molar-refractivity contribution in [3.05, 3.63) is 65.2 Å². The molecule has 0 fully saturated rings. The first-order valence-electron chi connectivity index (χ1n) is 8.81. The molecule has 0 amide bonds. The molecule has 0 radical (unpaired) electrons. The maximum absolute atomic E-state index is 11.5. The minimum Gasteiger partial charge on any atom is -0.466 e. The van der Waals surface area contributed by atoms with Crippen LogP contribution in [0.25, 0.3) is 11.1 Å². The molecule has 5 nitrogen and oxygen atoms in total. The molecule has 3 rings (SSSR count). The highest BCUT2D eigenvalue weighted by atomic mass is 32.2. The highest BCUT2D eigenvalue weighted by molar-refractivity contribution is 7.98. The van der Waals surface area contributed by atoms with Crippen LogP contribution in [0.1, 0.15) is 18.2 Å². The Morgan fingerprint density at radius 3 is 2.50 bits per heavy atom. The second-order valence-electron chi connectivity index (χ2n) is 5.85. The van der Waals surface area contributed by atoms with Crippen molar-refractivity contribution in [1.82, 2.24) is 4.98 Å². The highest BCUT2D eigenvalue weighted by Gasteiger charge is 2.07. The lowest BCUT2D eigenvalue weighted by molar-refractivity contribution is -0.142. The predicted octanol–water partition coefficient (Wildman–Crippen LogP) is 5.08. The van der Waals surface area contributed by atoms with Crippen LogP contribution in [-0.4, -0.2) is 30.0 Å². The number of rotatable bonds is 8. The van der Waals surface area contributed by atoms with Crippen molar-refractivity contribution in [3.63, 3.8) is 0 Å². The lowest BCUT2D eigenvalue weighted by Crippen LogP contribution is -2.07. The number of aromatic nitrogens is 1. The summed E-state index contributed by atoms with van der Waals surface area (Å²) in [5.74, 6) is -0.272. The van der Waals surface area contributed by atoms with Crippen LogP contribution in [-0.2, 0) is 16.0 Å². The lowest BCUT2D eigenvalue weighted by Gasteiger charge is -2.03. The normalized spacial score (nSPS) is 10.9. The number of hydrogen-bond acceptors (Lipinski definition) is 7. The van der Waals surface area contributed by atoms with Gasteiger partial charge in [-0.1, -0.05) is 36.4 Å². The number of thiazole rings is 1. The van der Waals surface area contributed by atoms with Crippen molar-refractivity contribution in [2.24, 2.45) is 5.10 Å². The Balaban J connectivity index is 1.56. The number of ether oxygens (including phenoxy) is 1. The first-order chi connectivity index (χ1) is 13.7. The molecule has 144 valence electrons. The summed E-state index contributed by atoms with van der Waals surface area (Å²) in [6, 6.07) is 16.7. The molecule has 0 spiro atoms. The van der Waals surface area contributed by atoms with Crippen molar-refractivity contribution in [3.8, 4) is 11.1 Å². The van der Waals surface area contributed by atoms with Crippen molar-refractivity contribution < 1.29 is 9.53 Å². The van der Waals surface area contributed by atoms with Gasteiger partial charge in [0.1, 0.15) is 0 Å². The van der Waals surface area contributed by atoms with Gasteiger partial charge in [0.15, 0.2) is 0 Å². The van der Waals surface area contributed by atoms with Gasteiger partial charge in [-0.15, -0.1) is 23.1 Å². The summed E-state index contributed by atoms with van der Waals surface area (Å²) in [5.41, 5.74) is 6.92. The molecule has 1 heterocycles. The Bertz CT molecular complexity index is 935. The van der Waals surface area contributed by atoms with Gasteiger partial charge in [0, 0.05) is 10.3 Å². The number of hydrazone groups is 1. The highest BCUT2D eigenvalue weighted by Crippen LogP contribution is 2.23. The van der Waals surface area contributed by atoms with E-state index in [1.165, 1.54) is 27.4 Å². The molecule has 0 aliphatic rings. The lowest BCUT2D eigenvalue weighted by atomic mass is 10.0. The summed E-state index contributed by atoms with van der Waals surface area (Å²) in [5, 5.41) is 6.68. The van der Waals surface area contributed by atoms with E-state index in [0.29, 0.717) is 17.4 Å². The average Bonchev–Trinajstić information content (AvgIpc) is 3.16. The summed E-state index contributed by atoms with van der Waals surface area (Å²) < 4.78 is 4.92. The molecule has 0 saturated carbocycles. The minimum absolute atomic E-state index is 0.176. The molecule has 1 N–H and O–H groups in total. The fraction of sp³-hybridized carbons (Fsp3) is 0.190. The smallest absolute Gasteiger partial charge is 0.311 e. The van der Waals surface area contributed by atoms with Crippen LogP contribution in [0, 0.1) is 0 Å². The molecule has 0 unspecified atom stereocenters. The zero-order chi connectivity index (χ0) is 19.8. The molecule has 0 aliphatic carbocycles. The standard InChI is InChI=1S/C21H21N3O2S2/c1-3-26-20(25)12-18-14-28-21(23-18)24-22-13-15-4-6-16(7-5-15)17-8-10-19(27-2)11-9-17/h4-11,13-14H,3,12H2,1-2H3,(H,23,24). The fourth-order valence-corrected chi connectivity index (χ4v) is 3.57. The van der Waals surface area contributed by atoms with E-state index < -0.39 is 0 Å². The van der Waals surface area contributed by atoms with E-state index in [-0.39, 0.29) is 12.4 Å². The van der Waals surface area contributed by atoms with Crippen LogP contribution in [0.15, 0.2) is 63.9 Å². The number of anilines is 1. The Labute approximate surface area is 172 Å². The Kier molecular flexibility index (Phi) is 7.22. The molecule has 1 aromatic heterocycles. The van der Waals surface area contributed by atoms with E-state index in [2.05, 4.69) is 58.2 Å². The first kappa shape index (κ1) is 20.1. The number of esters is 1. The van der Waals surface area contributed by atoms with E-state index in [1.807, 2.05) is 17.5 Å². The zero-order valence-corrected chi connectivity index (χ0v) is 17.3. The van der Waals surface area contributed by atoms with Crippen molar-refractivity contribution in [1.29, 1.82) is 0 Å². The molecular formula is C21H21N3O2S2. The van der Waals surface area contributed by atoms with Gasteiger partial charge in [-0.05, 0) is 42.0 Å². The van der Waals surface area contributed by atoms with E-state index in [4.69, 9.17) is 4.74 Å². The number of benzene rings is 2. The molecular weight excluding hydrogens is 390 g/mol. The zero-order valence-electron chi connectivity index (χ0n) is 15.7. The molecule has 0 saturated heterocycles. The predicted molar refractivity (Wildman–Crippen MR) is 117 cm³/mol. The van der Waals surface area contributed by atoms with Crippen LogP contribution in [0.2, 0.25) is 0 Å². The summed E-state index contributed by atoms with van der Waals surface area (Å²) in [6.07, 6.45) is 3.99. The number of carbonyl (C=O) groups is 1. The molecule has 0 atom stereocenters. The second-order valence-corrected chi connectivity index (χ2v) is 7.58. The molecule has 0 bridgehead atoms. The third-order valence-electron chi connectivity index (χ3n) is 3.89. The van der Waals surface area contributed by atoms with Gasteiger partial charge in [0.25, 0.3) is 0 Å². The van der Waals surface area contributed by atoms with Crippen molar-refractivity contribution >= 4 is 40.4 Å². The number of thioether (sulfide) groups is 1. The van der Waals surface area contributed by atoms with Gasteiger partial charge in [0.2, 0.25) is 5.13 Å². The van der Waals surface area contributed by atoms with Crippen molar-refractivity contribution in [2.75, 3.05) is 18.3 Å². The van der Waals surface area contributed by atoms with Crippen LogP contribution in [0.5, 0.6) is 0 Å². The van der Waals surface area contributed by atoms with Crippen LogP contribution >= 0.6 is 23.1 Å². The molecule has 28 heavy (non-hydrogen) atoms. The van der Waals surface area contributed by atoms with Gasteiger partial charge < -0.3 is 4.74 Å². The van der Waals surface area contributed by atoms with E-state index >= 15 is 0 Å².